The highest BCUT2D eigenvalue weighted by molar-refractivity contribution is 9.10. The van der Waals surface area contributed by atoms with E-state index in [9.17, 15) is 4.39 Å². The molecular weight excluding hydrogens is 285 g/mol. The molecule has 1 aromatic carbocycles. The van der Waals surface area contributed by atoms with Crippen LogP contribution in [0.3, 0.4) is 0 Å². The van der Waals surface area contributed by atoms with E-state index in [-0.39, 0.29) is 5.82 Å². The fraction of sp³-hybridized carbons (Fsp3) is 0.231. The van der Waals surface area contributed by atoms with Crippen LogP contribution in [0.2, 0.25) is 0 Å². The minimum Gasteiger partial charge on any atom is -0.468 e. The van der Waals surface area contributed by atoms with Gasteiger partial charge in [-0.15, -0.1) is 0 Å². The normalized spacial score (nSPS) is 11.1. The van der Waals surface area contributed by atoms with E-state index in [1.54, 1.807) is 12.3 Å². The Morgan fingerprint density at radius 1 is 1.29 bits per heavy atom. The van der Waals surface area contributed by atoms with Gasteiger partial charge in [-0.3, -0.25) is 4.90 Å². The lowest BCUT2D eigenvalue weighted by atomic mass is 10.2. The molecule has 4 heteroatoms. The van der Waals surface area contributed by atoms with Crippen molar-refractivity contribution in [3.05, 3.63) is 58.2 Å². The van der Waals surface area contributed by atoms with Crippen molar-refractivity contribution < 1.29 is 8.81 Å². The zero-order valence-electron chi connectivity index (χ0n) is 9.49. The summed E-state index contributed by atoms with van der Waals surface area (Å²) < 4.78 is 19.6. The van der Waals surface area contributed by atoms with Crippen molar-refractivity contribution in [3.8, 4) is 0 Å². The Morgan fingerprint density at radius 2 is 2.12 bits per heavy atom. The van der Waals surface area contributed by atoms with E-state index in [4.69, 9.17) is 4.42 Å². The summed E-state index contributed by atoms with van der Waals surface area (Å²) in [5, 5.41) is 0. The molecule has 0 aliphatic carbocycles. The molecule has 0 unspecified atom stereocenters. The molecule has 90 valence electrons. The lowest BCUT2D eigenvalue weighted by molar-refractivity contribution is 0.284. The second kappa shape index (κ2) is 5.47. The first kappa shape index (κ1) is 12.3. The molecule has 2 aromatic rings. The predicted molar refractivity (Wildman–Crippen MR) is 68.0 cm³/mol. The molecule has 2 nitrogen and oxygen atoms in total. The maximum Gasteiger partial charge on any atom is 0.128 e. The van der Waals surface area contributed by atoms with Crippen LogP contribution in [0.15, 0.2) is 45.5 Å². The molecule has 0 atom stereocenters. The molecule has 1 heterocycles. The van der Waals surface area contributed by atoms with Crippen LogP contribution in [0, 0.1) is 5.82 Å². The van der Waals surface area contributed by atoms with E-state index >= 15 is 0 Å². The highest BCUT2D eigenvalue weighted by Crippen LogP contribution is 2.17. The second-order valence-electron chi connectivity index (χ2n) is 3.99. The zero-order chi connectivity index (χ0) is 12.3. The number of hydrogen-bond donors (Lipinski definition) is 0. The van der Waals surface area contributed by atoms with Crippen molar-refractivity contribution >= 4 is 15.9 Å². The quantitative estimate of drug-likeness (QED) is 0.853. The predicted octanol–water partition coefficient (Wildman–Crippen LogP) is 3.81. The Balaban J connectivity index is 2.00. The van der Waals surface area contributed by atoms with Crippen LogP contribution in [-0.2, 0) is 13.1 Å². The first-order valence-electron chi connectivity index (χ1n) is 5.30. The summed E-state index contributed by atoms with van der Waals surface area (Å²) in [6, 6.07) is 8.88. The topological polar surface area (TPSA) is 16.4 Å². The maximum absolute atomic E-state index is 13.6. The van der Waals surface area contributed by atoms with E-state index in [0.29, 0.717) is 18.7 Å². The monoisotopic (exact) mass is 297 g/mol. The molecule has 0 spiro atoms. The van der Waals surface area contributed by atoms with E-state index in [0.717, 1.165) is 10.2 Å². The molecule has 17 heavy (non-hydrogen) atoms. The van der Waals surface area contributed by atoms with Crippen molar-refractivity contribution in [2.75, 3.05) is 7.05 Å². The van der Waals surface area contributed by atoms with Crippen LogP contribution < -0.4 is 0 Å². The summed E-state index contributed by atoms with van der Waals surface area (Å²) in [7, 11) is 1.93. The Kier molecular flexibility index (Phi) is 3.97. The molecule has 0 saturated carbocycles. The first-order valence-corrected chi connectivity index (χ1v) is 6.09. The van der Waals surface area contributed by atoms with Gasteiger partial charge in [-0.2, -0.15) is 0 Å². The average molecular weight is 298 g/mol. The van der Waals surface area contributed by atoms with E-state index in [1.807, 2.05) is 30.1 Å². The van der Waals surface area contributed by atoms with Crippen LogP contribution in [-0.4, -0.2) is 11.9 Å². The SMILES string of the molecule is CN(Cc1ccco1)Cc1ccc(Br)cc1F. The van der Waals surface area contributed by atoms with Gasteiger partial charge in [0.05, 0.1) is 12.8 Å². The highest BCUT2D eigenvalue weighted by Gasteiger charge is 2.07. The van der Waals surface area contributed by atoms with Gasteiger partial charge in [0.2, 0.25) is 0 Å². The van der Waals surface area contributed by atoms with Crippen molar-refractivity contribution in [3.63, 3.8) is 0 Å². The second-order valence-corrected chi connectivity index (χ2v) is 4.90. The third kappa shape index (κ3) is 3.41. The van der Waals surface area contributed by atoms with Gasteiger partial charge in [0.25, 0.3) is 0 Å². The fourth-order valence-electron chi connectivity index (χ4n) is 1.67. The van der Waals surface area contributed by atoms with Gasteiger partial charge in [-0.25, -0.2) is 4.39 Å². The molecule has 0 amide bonds. The summed E-state index contributed by atoms with van der Waals surface area (Å²) in [4.78, 5) is 2.01. The Bertz CT molecular complexity index is 484. The van der Waals surface area contributed by atoms with E-state index in [2.05, 4.69) is 15.9 Å². The van der Waals surface area contributed by atoms with E-state index in [1.165, 1.54) is 6.07 Å². The van der Waals surface area contributed by atoms with Gasteiger partial charge in [0.15, 0.2) is 0 Å². The minimum atomic E-state index is -0.189. The third-order valence-corrected chi connectivity index (χ3v) is 2.95. The van der Waals surface area contributed by atoms with Crippen LogP contribution in [0.4, 0.5) is 4.39 Å². The Hall–Kier alpha value is -1.13. The van der Waals surface area contributed by atoms with Crippen molar-refractivity contribution in [1.82, 2.24) is 4.90 Å². The average Bonchev–Trinajstić information content (AvgIpc) is 2.75. The molecular formula is C13H13BrFNO. The Labute approximate surface area is 108 Å². The molecule has 2 rings (SSSR count). The van der Waals surface area contributed by atoms with Crippen LogP contribution in [0.25, 0.3) is 0 Å². The van der Waals surface area contributed by atoms with Gasteiger partial charge >= 0.3 is 0 Å². The van der Waals surface area contributed by atoms with Gasteiger partial charge in [-0.1, -0.05) is 22.0 Å². The summed E-state index contributed by atoms with van der Waals surface area (Å²) in [5.74, 6) is 0.690. The van der Waals surface area contributed by atoms with Crippen LogP contribution in [0.1, 0.15) is 11.3 Å². The molecule has 0 aliphatic rings. The van der Waals surface area contributed by atoms with Crippen molar-refractivity contribution in [1.29, 1.82) is 0 Å². The molecule has 0 N–H and O–H groups in total. The summed E-state index contributed by atoms with van der Waals surface area (Å²) in [6.45, 7) is 1.22. The number of rotatable bonds is 4. The molecule has 0 radical (unpaired) electrons. The molecule has 0 bridgehead atoms. The van der Waals surface area contributed by atoms with Gasteiger partial charge in [0.1, 0.15) is 11.6 Å². The van der Waals surface area contributed by atoms with E-state index < -0.39 is 0 Å². The van der Waals surface area contributed by atoms with Gasteiger partial charge in [-0.05, 0) is 31.3 Å². The smallest absolute Gasteiger partial charge is 0.128 e. The number of halogens is 2. The molecule has 0 fully saturated rings. The van der Waals surface area contributed by atoms with Crippen molar-refractivity contribution in [2.45, 2.75) is 13.1 Å². The largest absolute Gasteiger partial charge is 0.468 e. The highest BCUT2D eigenvalue weighted by atomic mass is 79.9. The first-order chi connectivity index (χ1) is 8.15. The Morgan fingerprint density at radius 3 is 2.76 bits per heavy atom. The van der Waals surface area contributed by atoms with Gasteiger partial charge < -0.3 is 4.42 Å². The lowest BCUT2D eigenvalue weighted by Gasteiger charge is -2.15. The fourth-order valence-corrected chi connectivity index (χ4v) is 2.00. The summed E-state index contributed by atoms with van der Waals surface area (Å²) in [6.07, 6.45) is 1.64. The molecule has 0 aliphatic heterocycles. The van der Waals surface area contributed by atoms with Crippen molar-refractivity contribution in [2.24, 2.45) is 0 Å². The minimum absolute atomic E-state index is 0.189. The van der Waals surface area contributed by atoms with Gasteiger partial charge in [0, 0.05) is 16.6 Å². The molecule has 1 aromatic heterocycles. The zero-order valence-corrected chi connectivity index (χ0v) is 11.1. The molecule has 0 saturated heterocycles. The number of hydrogen-bond acceptors (Lipinski definition) is 2. The number of furan rings is 1. The number of benzene rings is 1. The van der Waals surface area contributed by atoms with Crippen LogP contribution in [0.5, 0.6) is 0 Å². The standard InChI is InChI=1S/C13H13BrFNO/c1-16(9-12-3-2-6-17-12)8-10-4-5-11(14)7-13(10)15/h2-7H,8-9H2,1H3. The lowest BCUT2D eigenvalue weighted by Crippen LogP contribution is -2.17. The van der Waals surface area contributed by atoms with Crippen LogP contribution >= 0.6 is 15.9 Å². The number of nitrogens with zero attached hydrogens (tertiary/aromatic N) is 1. The maximum atomic E-state index is 13.6. The summed E-state index contributed by atoms with van der Waals surface area (Å²) in [5.41, 5.74) is 0.683. The summed E-state index contributed by atoms with van der Waals surface area (Å²) >= 11 is 3.24. The third-order valence-electron chi connectivity index (χ3n) is 2.46.